The molecule has 3 nitrogen and oxygen atoms in total. The van der Waals surface area contributed by atoms with Crippen molar-refractivity contribution in [3.8, 4) is 0 Å². The van der Waals surface area contributed by atoms with Crippen molar-refractivity contribution >= 4 is 11.7 Å². The van der Waals surface area contributed by atoms with Crippen LogP contribution in [0.2, 0.25) is 0 Å². The van der Waals surface area contributed by atoms with Crippen molar-refractivity contribution in [2.24, 2.45) is 0 Å². The van der Waals surface area contributed by atoms with E-state index in [1.165, 1.54) is 12.0 Å². The highest BCUT2D eigenvalue weighted by Crippen LogP contribution is 2.21. The van der Waals surface area contributed by atoms with Gasteiger partial charge in [-0.1, -0.05) is 17.7 Å². The zero-order valence-electron chi connectivity index (χ0n) is 9.53. The molecule has 0 saturated heterocycles. The molecule has 1 saturated carbocycles. The minimum Gasteiger partial charge on any atom is -0.461 e. The lowest BCUT2D eigenvalue weighted by Crippen LogP contribution is -2.28. The van der Waals surface area contributed by atoms with Gasteiger partial charge in [0.1, 0.15) is 12.6 Å². The van der Waals surface area contributed by atoms with Gasteiger partial charge in [-0.2, -0.15) is 0 Å². The smallest absolute Gasteiger partial charge is 0.325 e. The van der Waals surface area contributed by atoms with Crippen LogP contribution in [0.15, 0.2) is 24.3 Å². The molecule has 0 bridgehead atoms. The standard InChI is InChI=1S/C13H17NO2/c1-10-5-7-11(8-6-10)14-9-13(15)16-12-3-2-4-12/h5-8,12,14H,2-4,9H2,1H3. The van der Waals surface area contributed by atoms with Gasteiger partial charge < -0.3 is 10.1 Å². The first-order chi connectivity index (χ1) is 7.74. The van der Waals surface area contributed by atoms with Crippen molar-refractivity contribution in [3.05, 3.63) is 29.8 Å². The third-order valence-electron chi connectivity index (χ3n) is 2.84. The Labute approximate surface area is 95.8 Å². The van der Waals surface area contributed by atoms with Gasteiger partial charge in [0.15, 0.2) is 0 Å². The quantitative estimate of drug-likeness (QED) is 0.791. The fraction of sp³-hybridized carbons (Fsp3) is 0.462. The second-order valence-corrected chi connectivity index (χ2v) is 4.26. The number of ether oxygens (including phenoxy) is 1. The van der Waals surface area contributed by atoms with Crippen molar-refractivity contribution in [3.63, 3.8) is 0 Å². The van der Waals surface area contributed by atoms with Gasteiger partial charge in [0, 0.05) is 5.69 Å². The second-order valence-electron chi connectivity index (χ2n) is 4.26. The average Bonchev–Trinajstić information content (AvgIpc) is 2.23. The summed E-state index contributed by atoms with van der Waals surface area (Å²) in [5.74, 6) is -0.162. The van der Waals surface area contributed by atoms with E-state index in [-0.39, 0.29) is 18.6 Å². The summed E-state index contributed by atoms with van der Waals surface area (Å²) in [5.41, 5.74) is 2.17. The normalized spacial score (nSPS) is 15.3. The van der Waals surface area contributed by atoms with E-state index in [1.807, 2.05) is 31.2 Å². The number of hydrogen-bond acceptors (Lipinski definition) is 3. The van der Waals surface area contributed by atoms with Crippen molar-refractivity contribution < 1.29 is 9.53 Å². The number of rotatable bonds is 4. The molecular weight excluding hydrogens is 202 g/mol. The molecule has 1 aliphatic rings. The zero-order chi connectivity index (χ0) is 11.4. The maximum absolute atomic E-state index is 11.4. The maximum atomic E-state index is 11.4. The predicted molar refractivity (Wildman–Crippen MR) is 63.4 cm³/mol. The van der Waals surface area contributed by atoms with Gasteiger partial charge in [-0.05, 0) is 38.3 Å². The minimum absolute atomic E-state index is 0.162. The highest BCUT2D eigenvalue weighted by Gasteiger charge is 2.21. The van der Waals surface area contributed by atoms with Crippen LogP contribution in [0.5, 0.6) is 0 Å². The lowest BCUT2D eigenvalue weighted by atomic mass is 9.96. The Balaban J connectivity index is 1.73. The van der Waals surface area contributed by atoms with Crippen LogP contribution >= 0.6 is 0 Å². The van der Waals surface area contributed by atoms with E-state index in [4.69, 9.17) is 4.74 Å². The third-order valence-corrected chi connectivity index (χ3v) is 2.84. The van der Waals surface area contributed by atoms with Crippen LogP contribution in [0.25, 0.3) is 0 Å². The van der Waals surface area contributed by atoms with Gasteiger partial charge in [0.25, 0.3) is 0 Å². The molecule has 86 valence electrons. The van der Waals surface area contributed by atoms with Crippen molar-refractivity contribution in [2.45, 2.75) is 32.3 Å². The van der Waals surface area contributed by atoms with E-state index in [2.05, 4.69) is 5.32 Å². The first-order valence-electron chi connectivity index (χ1n) is 5.74. The van der Waals surface area contributed by atoms with Gasteiger partial charge in [0.2, 0.25) is 0 Å². The van der Waals surface area contributed by atoms with Crippen LogP contribution < -0.4 is 5.32 Å². The highest BCUT2D eigenvalue weighted by molar-refractivity contribution is 5.75. The molecule has 1 aromatic carbocycles. The van der Waals surface area contributed by atoms with Gasteiger partial charge in [-0.25, -0.2) is 0 Å². The van der Waals surface area contributed by atoms with Crippen LogP contribution in [-0.2, 0) is 9.53 Å². The summed E-state index contributed by atoms with van der Waals surface area (Å²) in [6, 6.07) is 7.96. The SMILES string of the molecule is Cc1ccc(NCC(=O)OC2CCC2)cc1. The topological polar surface area (TPSA) is 38.3 Å². The van der Waals surface area contributed by atoms with Gasteiger partial charge in [-0.3, -0.25) is 4.79 Å². The van der Waals surface area contributed by atoms with Crippen molar-refractivity contribution in [1.29, 1.82) is 0 Å². The van der Waals surface area contributed by atoms with Gasteiger partial charge >= 0.3 is 5.97 Å². The summed E-state index contributed by atoms with van der Waals surface area (Å²) in [6.45, 7) is 2.29. The molecule has 0 unspecified atom stereocenters. The molecule has 1 aromatic rings. The summed E-state index contributed by atoms with van der Waals surface area (Å²) in [4.78, 5) is 11.4. The molecule has 3 heteroatoms. The molecule has 1 fully saturated rings. The van der Waals surface area contributed by atoms with E-state index in [0.717, 1.165) is 18.5 Å². The van der Waals surface area contributed by atoms with Crippen LogP contribution in [0.1, 0.15) is 24.8 Å². The molecule has 2 rings (SSSR count). The molecule has 0 radical (unpaired) electrons. The molecule has 0 spiro atoms. The Morgan fingerprint density at radius 3 is 2.62 bits per heavy atom. The van der Waals surface area contributed by atoms with Crippen LogP contribution in [0.4, 0.5) is 5.69 Å². The van der Waals surface area contributed by atoms with E-state index < -0.39 is 0 Å². The van der Waals surface area contributed by atoms with Crippen molar-refractivity contribution in [2.75, 3.05) is 11.9 Å². The molecule has 1 N–H and O–H groups in total. The monoisotopic (exact) mass is 219 g/mol. The van der Waals surface area contributed by atoms with Crippen molar-refractivity contribution in [1.82, 2.24) is 0 Å². The number of benzene rings is 1. The Morgan fingerprint density at radius 1 is 1.38 bits per heavy atom. The lowest BCUT2D eigenvalue weighted by molar-refractivity contribution is -0.150. The molecule has 0 heterocycles. The molecular formula is C13H17NO2. The molecule has 16 heavy (non-hydrogen) atoms. The Kier molecular flexibility index (Phi) is 3.44. The second kappa shape index (κ2) is 5.01. The Hall–Kier alpha value is -1.51. The van der Waals surface area contributed by atoms with Crippen LogP contribution in [-0.4, -0.2) is 18.6 Å². The van der Waals surface area contributed by atoms with Gasteiger partial charge in [-0.15, -0.1) is 0 Å². The first kappa shape index (κ1) is 11.0. The summed E-state index contributed by atoms with van der Waals surface area (Å²) >= 11 is 0. The number of nitrogens with one attached hydrogen (secondary N) is 1. The predicted octanol–water partition coefficient (Wildman–Crippen LogP) is 2.50. The number of anilines is 1. The molecule has 0 aromatic heterocycles. The molecule has 0 atom stereocenters. The number of aryl methyl sites for hydroxylation is 1. The molecule has 1 aliphatic carbocycles. The van der Waals surface area contributed by atoms with Gasteiger partial charge in [0.05, 0.1) is 0 Å². The minimum atomic E-state index is -0.162. The molecule has 0 amide bonds. The Bertz CT molecular complexity index is 355. The van der Waals surface area contributed by atoms with E-state index in [0.29, 0.717) is 0 Å². The number of carbonyl (C=O) groups is 1. The molecule has 0 aliphatic heterocycles. The third kappa shape index (κ3) is 2.99. The Morgan fingerprint density at radius 2 is 2.06 bits per heavy atom. The van der Waals surface area contributed by atoms with E-state index >= 15 is 0 Å². The summed E-state index contributed by atoms with van der Waals surface area (Å²) in [6.07, 6.45) is 3.41. The van der Waals surface area contributed by atoms with E-state index in [1.54, 1.807) is 0 Å². The van der Waals surface area contributed by atoms with Crippen LogP contribution in [0.3, 0.4) is 0 Å². The highest BCUT2D eigenvalue weighted by atomic mass is 16.5. The lowest BCUT2D eigenvalue weighted by Gasteiger charge is -2.25. The average molecular weight is 219 g/mol. The fourth-order valence-corrected chi connectivity index (χ4v) is 1.56. The number of carbonyl (C=O) groups excluding carboxylic acids is 1. The van der Waals surface area contributed by atoms with Crippen LogP contribution in [0, 0.1) is 6.92 Å². The number of esters is 1. The maximum Gasteiger partial charge on any atom is 0.325 e. The zero-order valence-corrected chi connectivity index (χ0v) is 9.53. The van der Waals surface area contributed by atoms with E-state index in [9.17, 15) is 4.79 Å². The fourth-order valence-electron chi connectivity index (χ4n) is 1.56. The summed E-state index contributed by atoms with van der Waals surface area (Å²) in [5, 5.41) is 3.05. The largest absolute Gasteiger partial charge is 0.461 e. The summed E-state index contributed by atoms with van der Waals surface area (Å²) < 4.78 is 5.23. The first-order valence-corrected chi connectivity index (χ1v) is 5.74. The summed E-state index contributed by atoms with van der Waals surface area (Å²) in [7, 11) is 0. The number of hydrogen-bond donors (Lipinski definition) is 1.